The van der Waals surface area contributed by atoms with Crippen molar-refractivity contribution in [2.45, 2.75) is 32.1 Å². The van der Waals surface area contributed by atoms with Crippen LogP contribution in [0.5, 0.6) is 0 Å². The van der Waals surface area contributed by atoms with E-state index in [0.717, 1.165) is 25.7 Å². The maximum atomic E-state index is 13.6. The van der Waals surface area contributed by atoms with Crippen LogP contribution in [0.3, 0.4) is 0 Å². The van der Waals surface area contributed by atoms with E-state index in [2.05, 4.69) is 0 Å². The molecule has 1 aliphatic rings. The van der Waals surface area contributed by atoms with Crippen molar-refractivity contribution in [2.75, 3.05) is 6.61 Å². The van der Waals surface area contributed by atoms with Gasteiger partial charge in [0.25, 0.3) is 0 Å². The summed E-state index contributed by atoms with van der Waals surface area (Å²) in [6, 6.07) is 4.75. The maximum Gasteiger partial charge on any atom is 0.127 e. The summed E-state index contributed by atoms with van der Waals surface area (Å²) in [5, 5.41) is 9.97. The Morgan fingerprint density at radius 1 is 1.31 bits per heavy atom. The molecule has 1 aliphatic carbocycles. The minimum absolute atomic E-state index is 0.123. The van der Waals surface area contributed by atoms with Crippen LogP contribution in [0, 0.1) is 11.2 Å². The molecule has 1 aromatic rings. The molecule has 1 N–H and O–H groups in total. The first-order valence-electron chi connectivity index (χ1n) is 5.71. The number of rotatable bonds is 3. The zero-order valence-electron chi connectivity index (χ0n) is 9.18. The number of aliphatic hydroxyl groups excluding tert-OH is 1. The van der Waals surface area contributed by atoms with E-state index in [4.69, 9.17) is 11.6 Å². The predicted octanol–water partition coefficient (Wildman–Crippen LogP) is 3.57. The highest BCUT2D eigenvalue weighted by atomic mass is 35.5. The molecule has 0 aliphatic heterocycles. The molecule has 0 amide bonds. The lowest BCUT2D eigenvalue weighted by Crippen LogP contribution is -2.25. The second-order valence-electron chi connectivity index (χ2n) is 4.74. The van der Waals surface area contributed by atoms with Crippen LogP contribution in [0.1, 0.15) is 31.2 Å². The normalized spacial score (nSPS) is 18.9. The summed E-state index contributed by atoms with van der Waals surface area (Å²) in [5.74, 6) is -0.257. The molecule has 0 radical (unpaired) electrons. The summed E-state index contributed by atoms with van der Waals surface area (Å²) in [5.41, 5.74) is 0.409. The summed E-state index contributed by atoms with van der Waals surface area (Å²) in [4.78, 5) is 0. The van der Waals surface area contributed by atoms with Gasteiger partial charge in [0, 0.05) is 17.2 Å². The van der Waals surface area contributed by atoms with Crippen molar-refractivity contribution in [3.63, 3.8) is 0 Å². The molecule has 1 nitrogen and oxygen atoms in total. The largest absolute Gasteiger partial charge is 0.396 e. The molecule has 16 heavy (non-hydrogen) atoms. The quantitative estimate of drug-likeness (QED) is 0.859. The Kier molecular flexibility index (Phi) is 3.50. The van der Waals surface area contributed by atoms with Crippen LogP contribution in [-0.4, -0.2) is 11.7 Å². The molecule has 1 saturated carbocycles. The van der Waals surface area contributed by atoms with Gasteiger partial charge in [0.2, 0.25) is 0 Å². The van der Waals surface area contributed by atoms with Crippen LogP contribution in [0.4, 0.5) is 4.39 Å². The molecule has 1 fully saturated rings. The molecular formula is C13H16ClFO. The summed E-state index contributed by atoms with van der Waals surface area (Å²) in [7, 11) is 0. The third-order valence-corrected chi connectivity index (χ3v) is 3.97. The van der Waals surface area contributed by atoms with E-state index in [-0.39, 0.29) is 17.8 Å². The zero-order valence-corrected chi connectivity index (χ0v) is 9.93. The topological polar surface area (TPSA) is 20.2 Å². The average molecular weight is 243 g/mol. The Bertz CT molecular complexity index is 352. The van der Waals surface area contributed by atoms with Crippen molar-refractivity contribution in [1.82, 2.24) is 0 Å². The summed E-state index contributed by atoms with van der Waals surface area (Å²) in [6.45, 7) is 0.123. The number of aliphatic hydroxyl groups is 1. The predicted molar refractivity (Wildman–Crippen MR) is 63.1 cm³/mol. The van der Waals surface area contributed by atoms with E-state index >= 15 is 0 Å². The van der Waals surface area contributed by atoms with Crippen LogP contribution in [0.2, 0.25) is 5.02 Å². The van der Waals surface area contributed by atoms with Crippen molar-refractivity contribution < 1.29 is 9.50 Å². The number of benzene rings is 1. The molecule has 0 saturated heterocycles. The molecule has 2 rings (SSSR count). The molecule has 88 valence electrons. The van der Waals surface area contributed by atoms with Gasteiger partial charge in [-0.25, -0.2) is 4.39 Å². The molecule has 1 aromatic carbocycles. The summed E-state index contributed by atoms with van der Waals surface area (Å²) >= 11 is 6.01. The lowest BCUT2D eigenvalue weighted by atomic mass is 9.81. The van der Waals surface area contributed by atoms with Gasteiger partial charge < -0.3 is 5.11 Å². The first-order valence-corrected chi connectivity index (χ1v) is 6.08. The lowest BCUT2D eigenvalue weighted by Gasteiger charge is -2.27. The SMILES string of the molecule is OCC1(Cc2c(F)cccc2Cl)CCCC1. The lowest BCUT2D eigenvalue weighted by molar-refractivity contribution is 0.129. The van der Waals surface area contributed by atoms with Gasteiger partial charge in [0.1, 0.15) is 5.82 Å². The second kappa shape index (κ2) is 4.72. The molecule has 3 heteroatoms. The van der Waals surface area contributed by atoms with E-state index in [9.17, 15) is 9.50 Å². The molecule has 0 atom stereocenters. The molecule has 0 aromatic heterocycles. The fourth-order valence-corrected chi connectivity index (χ4v) is 2.82. The minimum atomic E-state index is -0.257. The Labute approximate surface area is 100 Å². The molecule has 0 unspecified atom stereocenters. The van der Waals surface area contributed by atoms with Gasteiger partial charge in [-0.3, -0.25) is 0 Å². The van der Waals surface area contributed by atoms with Crippen LogP contribution in [0.25, 0.3) is 0 Å². The number of hydrogen-bond acceptors (Lipinski definition) is 1. The zero-order chi connectivity index (χ0) is 11.6. The van der Waals surface area contributed by atoms with E-state index < -0.39 is 0 Å². The number of hydrogen-bond donors (Lipinski definition) is 1. The maximum absolute atomic E-state index is 13.6. The highest BCUT2D eigenvalue weighted by Crippen LogP contribution is 2.42. The van der Waals surface area contributed by atoms with E-state index in [1.807, 2.05) is 0 Å². The van der Waals surface area contributed by atoms with Gasteiger partial charge in [0.05, 0.1) is 0 Å². The smallest absolute Gasteiger partial charge is 0.127 e. The minimum Gasteiger partial charge on any atom is -0.396 e. The fraction of sp³-hybridized carbons (Fsp3) is 0.538. The van der Waals surface area contributed by atoms with Gasteiger partial charge in [-0.15, -0.1) is 0 Å². The van der Waals surface area contributed by atoms with Gasteiger partial charge >= 0.3 is 0 Å². The van der Waals surface area contributed by atoms with Crippen molar-refractivity contribution in [1.29, 1.82) is 0 Å². The molecule has 0 heterocycles. The Hall–Kier alpha value is -0.600. The Morgan fingerprint density at radius 3 is 2.56 bits per heavy atom. The van der Waals surface area contributed by atoms with Crippen molar-refractivity contribution >= 4 is 11.6 Å². The van der Waals surface area contributed by atoms with Gasteiger partial charge in [-0.05, 0) is 36.8 Å². The van der Waals surface area contributed by atoms with Crippen molar-refractivity contribution in [2.24, 2.45) is 5.41 Å². The first kappa shape index (κ1) is 11.9. The van der Waals surface area contributed by atoms with Crippen LogP contribution < -0.4 is 0 Å². The van der Waals surface area contributed by atoms with Crippen LogP contribution in [0.15, 0.2) is 18.2 Å². The highest BCUT2D eigenvalue weighted by Gasteiger charge is 2.34. The highest BCUT2D eigenvalue weighted by molar-refractivity contribution is 6.31. The standard InChI is InChI=1S/C13H16ClFO/c14-11-4-3-5-12(15)10(11)8-13(9-16)6-1-2-7-13/h3-5,16H,1-2,6-9H2. The van der Waals surface area contributed by atoms with E-state index in [1.54, 1.807) is 12.1 Å². The molecule has 0 spiro atoms. The van der Waals surface area contributed by atoms with Gasteiger partial charge in [-0.1, -0.05) is 30.5 Å². The van der Waals surface area contributed by atoms with Crippen molar-refractivity contribution in [3.8, 4) is 0 Å². The van der Waals surface area contributed by atoms with Crippen molar-refractivity contribution in [3.05, 3.63) is 34.6 Å². The third kappa shape index (κ3) is 2.23. The fourth-order valence-electron chi connectivity index (χ4n) is 2.59. The van der Waals surface area contributed by atoms with Gasteiger partial charge in [-0.2, -0.15) is 0 Å². The van der Waals surface area contributed by atoms with E-state index in [1.165, 1.54) is 6.07 Å². The monoisotopic (exact) mass is 242 g/mol. The van der Waals surface area contributed by atoms with Crippen LogP contribution >= 0.6 is 11.6 Å². The molecule has 0 bridgehead atoms. The van der Waals surface area contributed by atoms with E-state index in [0.29, 0.717) is 17.0 Å². The van der Waals surface area contributed by atoms with Crippen LogP contribution in [-0.2, 0) is 6.42 Å². The Balaban J connectivity index is 2.25. The average Bonchev–Trinajstić information content (AvgIpc) is 2.73. The number of halogens is 2. The third-order valence-electron chi connectivity index (χ3n) is 3.61. The summed E-state index contributed by atoms with van der Waals surface area (Å²) in [6.07, 6.45) is 4.72. The second-order valence-corrected chi connectivity index (χ2v) is 5.15. The Morgan fingerprint density at radius 2 is 2.00 bits per heavy atom. The molecular weight excluding hydrogens is 227 g/mol. The first-order chi connectivity index (χ1) is 7.67. The van der Waals surface area contributed by atoms with Gasteiger partial charge in [0.15, 0.2) is 0 Å². The summed E-state index contributed by atoms with van der Waals surface area (Å²) < 4.78 is 13.6.